The van der Waals surface area contributed by atoms with Crippen LogP contribution in [-0.4, -0.2) is 35.5 Å². The molecule has 1 N–H and O–H groups in total. The maximum absolute atomic E-state index is 9.55. The lowest BCUT2D eigenvalue weighted by Crippen LogP contribution is -2.49. The lowest BCUT2D eigenvalue weighted by Gasteiger charge is -2.39. The van der Waals surface area contributed by atoms with Crippen molar-refractivity contribution in [2.75, 3.05) is 24.7 Å². The van der Waals surface area contributed by atoms with Gasteiger partial charge in [0, 0.05) is 30.6 Å². The predicted molar refractivity (Wildman–Crippen MR) is 95.8 cm³/mol. The molecule has 0 atom stereocenters. The van der Waals surface area contributed by atoms with Gasteiger partial charge in [0.2, 0.25) is 0 Å². The van der Waals surface area contributed by atoms with Crippen LogP contribution >= 0.6 is 0 Å². The van der Waals surface area contributed by atoms with Crippen LogP contribution in [0.5, 0.6) is 5.75 Å². The maximum atomic E-state index is 9.55. The Morgan fingerprint density at radius 2 is 2.00 bits per heavy atom. The summed E-state index contributed by atoms with van der Waals surface area (Å²) in [5.74, 6) is 1.86. The van der Waals surface area contributed by atoms with E-state index in [1.807, 2.05) is 31.2 Å². The smallest absolute Gasteiger partial charge is 0.131 e. The van der Waals surface area contributed by atoms with Gasteiger partial charge in [-0.05, 0) is 30.7 Å². The first kappa shape index (κ1) is 16.4. The second-order valence-electron chi connectivity index (χ2n) is 6.99. The fourth-order valence-electron chi connectivity index (χ4n) is 3.75. The summed E-state index contributed by atoms with van der Waals surface area (Å²) in [6.07, 6.45) is 1.74. The van der Waals surface area contributed by atoms with Gasteiger partial charge in [0.15, 0.2) is 0 Å². The number of pyridine rings is 1. The number of anilines is 1. The molecule has 2 aliphatic rings. The molecule has 25 heavy (non-hydrogen) atoms. The van der Waals surface area contributed by atoms with E-state index in [1.165, 1.54) is 5.56 Å². The molecule has 5 nitrogen and oxygen atoms in total. The Labute approximate surface area is 148 Å². The largest absolute Gasteiger partial charge is 0.485 e. The molecule has 2 aliphatic heterocycles. The van der Waals surface area contributed by atoms with Crippen molar-refractivity contribution in [2.45, 2.75) is 38.5 Å². The topological polar surface area (TPSA) is 54.8 Å². The molecule has 1 spiro atoms. The van der Waals surface area contributed by atoms with Crippen molar-refractivity contribution in [3.63, 3.8) is 0 Å². The molecular formula is C20H24N2O3. The molecule has 0 radical (unpaired) electrons. The fraction of sp³-hybridized carbons (Fsp3) is 0.450. The standard InChI is InChI=1S/C20H24N2O3/c1-15-10-16(13-23)11-19(21-15)22-12-17-4-2-3-5-18(17)25-20(14-22)6-8-24-9-7-20/h2-5,10-11,23H,6-9,12-14H2,1H3. The summed E-state index contributed by atoms with van der Waals surface area (Å²) in [4.78, 5) is 7.01. The Morgan fingerprint density at radius 1 is 1.20 bits per heavy atom. The van der Waals surface area contributed by atoms with Gasteiger partial charge in [-0.3, -0.25) is 0 Å². The number of aromatic nitrogens is 1. The third-order valence-corrected chi connectivity index (χ3v) is 5.05. The van der Waals surface area contributed by atoms with E-state index >= 15 is 0 Å². The number of fused-ring (bicyclic) bond motifs is 1. The van der Waals surface area contributed by atoms with Crippen LogP contribution in [0.15, 0.2) is 36.4 Å². The highest BCUT2D eigenvalue weighted by atomic mass is 16.5. The van der Waals surface area contributed by atoms with Gasteiger partial charge in [0.1, 0.15) is 17.2 Å². The molecular weight excluding hydrogens is 316 g/mol. The van der Waals surface area contributed by atoms with Crippen molar-refractivity contribution in [1.29, 1.82) is 0 Å². The van der Waals surface area contributed by atoms with Crippen molar-refractivity contribution in [3.8, 4) is 5.75 Å². The minimum atomic E-state index is -0.254. The van der Waals surface area contributed by atoms with Crippen LogP contribution in [-0.2, 0) is 17.9 Å². The van der Waals surface area contributed by atoms with Gasteiger partial charge in [-0.2, -0.15) is 0 Å². The first-order valence-electron chi connectivity index (χ1n) is 8.85. The third kappa shape index (κ3) is 3.34. The van der Waals surface area contributed by atoms with E-state index < -0.39 is 0 Å². The molecule has 0 bridgehead atoms. The molecule has 5 heteroatoms. The van der Waals surface area contributed by atoms with Crippen molar-refractivity contribution in [3.05, 3.63) is 53.2 Å². The van der Waals surface area contributed by atoms with Gasteiger partial charge in [0.25, 0.3) is 0 Å². The van der Waals surface area contributed by atoms with Crippen LogP contribution in [0.25, 0.3) is 0 Å². The average Bonchev–Trinajstić information content (AvgIpc) is 2.78. The minimum Gasteiger partial charge on any atom is -0.485 e. The number of aliphatic hydroxyl groups is 1. The number of rotatable bonds is 2. The summed E-state index contributed by atoms with van der Waals surface area (Å²) in [5.41, 5.74) is 2.72. The Morgan fingerprint density at radius 3 is 2.80 bits per heavy atom. The monoisotopic (exact) mass is 340 g/mol. The van der Waals surface area contributed by atoms with Crippen molar-refractivity contribution >= 4 is 5.82 Å². The second-order valence-corrected chi connectivity index (χ2v) is 6.99. The lowest BCUT2D eigenvalue weighted by atomic mass is 9.93. The van der Waals surface area contributed by atoms with Gasteiger partial charge in [-0.25, -0.2) is 4.98 Å². The zero-order chi connectivity index (χ0) is 17.3. The number of benzene rings is 1. The van der Waals surface area contributed by atoms with E-state index in [2.05, 4.69) is 17.0 Å². The zero-order valence-corrected chi connectivity index (χ0v) is 14.6. The van der Waals surface area contributed by atoms with Crippen molar-refractivity contribution in [2.24, 2.45) is 0 Å². The number of aliphatic hydroxyl groups excluding tert-OH is 1. The quantitative estimate of drug-likeness (QED) is 0.911. The lowest BCUT2D eigenvalue weighted by molar-refractivity contribution is -0.0391. The van der Waals surface area contributed by atoms with E-state index in [-0.39, 0.29) is 12.2 Å². The Balaban J connectivity index is 1.75. The number of aryl methyl sites for hydroxylation is 1. The van der Waals surface area contributed by atoms with Crippen LogP contribution in [0.2, 0.25) is 0 Å². The molecule has 1 aromatic carbocycles. The maximum Gasteiger partial charge on any atom is 0.131 e. The van der Waals surface area contributed by atoms with Gasteiger partial charge < -0.3 is 19.5 Å². The molecule has 0 aliphatic carbocycles. The summed E-state index contributed by atoms with van der Waals surface area (Å²) >= 11 is 0. The predicted octanol–water partition coefficient (Wildman–Crippen LogP) is 2.83. The normalized spacial score (nSPS) is 19.2. The Bertz CT molecular complexity index is 756. The number of nitrogens with zero attached hydrogens (tertiary/aromatic N) is 2. The van der Waals surface area contributed by atoms with Crippen LogP contribution in [0.1, 0.15) is 29.7 Å². The summed E-state index contributed by atoms with van der Waals surface area (Å²) in [7, 11) is 0. The molecule has 0 saturated carbocycles. The summed E-state index contributed by atoms with van der Waals surface area (Å²) in [6, 6.07) is 12.1. The van der Waals surface area contributed by atoms with Gasteiger partial charge in [-0.1, -0.05) is 18.2 Å². The molecule has 3 heterocycles. The molecule has 1 saturated heterocycles. The second kappa shape index (κ2) is 6.65. The van der Waals surface area contributed by atoms with E-state index in [4.69, 9.17) is 14.5 Å². The summed E-state index contributed by atoms with van der Waals surface area (Å²) in [5, 5.41) is 9.55. The number of para-hydroxylation sites is 1. The molecule has 1 aromatic heterocycles. The van der Waals surface area contributed by atoms with Gasteiger partial charge in [0.05, 0.1) is 26.4 Å². The number of ether oxygens (including phenoxy) is 2. The average molecular weight is 340 g/mol. The highest BCUT2D eigenvalue weighted by Crippen LogP contribution is 2.36. The van der Waals surface area contributed by atoms with Crippen LogP contribution in [0.4, 0.5) is 5.82 Å². The third-order valence-electron chi connectivity index (χ3n) is 5.05. The first-order valence-corrected chi connectivity index (χ1v) is 8.85. The molecule has 2 aromatic rings. The molecule has 4 rings (SSSR count). The van der Waals surface area contributed by atoms with E-state index in [0.29, 0.717) is 0 Å². The van der Waals surface area contributed by atoms with Gasteiger partial charge >= 0.3 is 0 Å². The van der Waals surface area contributed by atoms with E-state index in [1.54, 1.807) is 0 Å². The van der Waals surface area contributed by atoms with Crippen LogP contribution < -0.4 is 9.64 Å². The van der Waals surface area contributed by atoms with E-state index in [0.717, 1.165) is 62.0 Å². The number of hydrogen-bond acceptors (Lipinski definition) is 5. The first-order chi connectivity index (χ1) is 12.2. The summed E-state index contributed by atoms with van der Waals surface area (Å²) in [6.45, 7) is 4.95. The zero-order valence-electron chi connectivity index (χ0n) is 14.6. The molecule has 0 amide bonds. The highest BCUT2D eigenvalue weighted by Gasteiger charge is 2.39. The molecule has 1 fully saturated rings. The van der Waals surface area contributed by atoms with Crippen molar-refractivity contribution in [1.82, 2.24) is 4.98 Å². The Kier molecular flexibility index (Phi) is 4.36. The molecule has 0 unspecified atom stereocenters. The van der Waals surface area contributed by atoms with Crippen LogP contribution in [0, 0.1) is 6.92 Å². The number of hydrogen-bond donors (Lipinski definition) is 1. The fourth-order valence-corrected chi connectivity index (χ4v) is 3.75. The Hall–Kier alpha value is -2.11. The molecule has 132 valence electrons. The van der Waals surface area contributed by atoms with Crippen LogP contribution in [0.3, 0.4) is 0 Å². The SMILES string of the molecule is Cc1cc(CO)cc(N2Cc3ccccc3OC3(CCOCC3)C2)n1. The van der Waals surface area contributed by atoms with Crippen molar-refractivity contribution < 1.29 is 14.6 Å². The minimum absolute atomic E-state index is 0.0241. The highest BCUT2D eigenvalue weighted by molar-refractivity contribution is 5.47. The van der Waals surface area contributed by atoms with E-state index in [9.17, 15) is 5.11 Å². The van der Waals surface area contributed by atoms with Gasteiger partial charge in [-0.15, -0.1) is 0 Å². The summed E-state index contributed by atoms with van der Waals surface area (Å²) < 4.78 is 12.1.